The van der Waals surface area contributed by atoms with Gasteiger partial charge < -0.3 is 5.73 Å². The van der Waals surface area contributed by atoms with Gasteiger partial charge in [-0.05, 0) is 43.7 Å². The van der Waals surface area contributed by atoms with Gasteiger partial charge in [-0.2, -0.15) is 5.10 Å². The first-order valence-electron chi connectivity index (χ1n) is 5.14. The lowest BCUT2D eigenvalue weighted by molar-refractivity contribution is 0.807. The first kappa shape index (κ1) is 11.2. The topological polar surface area (TPSA) is 43.8 Å². The molecule has 0 bridgehead atoms. The SMILES string of the molecule is Cc1cc(Cl)ccc1-n1nc(CN)cc1C. The van der Waals surface area contributed by atoms with E-state index >= 15 is 0 Å². The van der Waals surface area contributed by atoms with E-state index in [-0.39, 0.29) is 0 Å². The van der Waals surface area contributed by atoms with E-state index in [0.29, 0.717) is 6.54 Å². The maximum atomic E-state index is 5.93. The minimum absolute atomic E-state index is 0.459. The second-order valence-electron chi connectivity index (χ2n) is 3.82. The highest BCUT2D eigenvalue weighted by Crippen LogP contribution is 2.20. The maximum absolute atomic E-state index is 5.93. The smallest absolute Gasteiger partial charge is 0.0767 e. The summed E-state index contributed by atoms with van der Waals surface area (Å²) in [4.78, 5) is 0. The van der Waals surface area contributed by atoms with Crippen molar-refractivity contribution in [3.05, 3.63) is 46.2 Å². The summed E-state index contributed by atoms with van der Waals surface area (Å²) in [6, 6.07) is 7.76. The van der Waals surface area contributed by atoms with E-state index in [9.17, 15) is 0 Å². The number of halogens is 1. The lowest BCUT2D eigenvalue weighted by atomic mass is 10.2. The minimum atomic E-state index is 0.459. The quantitative estimate of drug-likeness (QED) is 0.870. The molecule has 16 heavy (non-hydrogen) atoms. The van der Waals surface area contributed by atoms with Gasteiger partial charge in [0.2, 0.25) is 0 Å². The molecule has 0 amide bonds. The molecule has 0 aliphatic rings. The predicted molar refractivity (Wildman–Crippen MR) is 65.9 cm³/mol. The molecule has 4 heteroatoms. The molecule has 0 aliphatic carbocycles. The molecule has 2 aromatic rings. The molecular formula is C12H14ClN3. The number of hydrogen-bond donors (Lipinski definition) is 1. The third kappa shape index (κ3) is 1.96. The average molecular weight is 236 g/mol. The molecule has 1 aromatic heterocycles. The predicted octanol–water partition coefficient (Wildman–Crippen LogP) is 2.60. The van der Waals surface area contributed by atoms with Crippen LogP contribution in [0.3, 0.4) is 0 Å². The van der Waals surface area contributed by atoms with Gasteiger partial charge in [-0.3, -0.25) is 0 Å². The van der Waals surface area contributed by atoms with Gasteiger partial charge in [-0.25, -0.2) is 4.68 Å². The number of aryl methyl sites for hydroxylation is 2. The monoisotopic (exact) mass is 235 g/mol. The van der Waals surface area contributed by atoms with Crippen LogP contribution in [0, 0.1) is 13.8 Å². The maximum Gasteiger partial charge on any atom is 0.0767 e. The summed E-state index contributed by atoms with van der Waals surface area (Å²) in [6.45, 7) is 4.49. The van der Waals surface area contributed by atoms with Crippen LogP contribution in [-0.4, -0.2) is 9.78 Å². The summed E-state index contributed by atoms with van der Waals surface area (Å²) < 4.78 is 1.90. The fourth-order valence-corrected chi connectivity index (χ4v) is 1.97. The van der Waals surface area contributed by atoms with E-state index in [1.807, 2.05) is 42.8 Å². The molecule has 0 saturated carbocycles. The van der Waals surface area contributed by atoms with Crippen LogP contribution in [0.5, 0.6) is 0 Å². The fourth-order valence-electron chi connectivity index (χ4n) is 1.74. The Hall–Kier alpha value is -1.32. The summed E-state index contributed by atoms with van der Waals surface area (Å²) in [6.07, 6.45) is 0. The summed E-state index contributed by atoms with van der Waals surface area (Å²) in [5.74, 6) is 0. The zero-order valence-corrected chi connectivity index (χ0v) is 10.1. The van der Waals surface area contributed by atoms with Gasteiger partial charge in [0.1, 0.15) is 0 Å². The van der Waals surface area contributed by atoms with Crippen molar-refractivity contribution in [3.63, 3.8) is 0 Å². The molecule has 0 radical (unpaired) electrons. The molecule has 1 heterocycles. The number of benzene rings is 1. The number of nitrogens with two attached hydrogens (primary N) is 1. The van der Waals surface area contributed by atoms with Crippen molar-refractivity contribution < 1.29 is 0 Å². The van der Waals surface area contributed by atoms with Crippen LogP contribution in [0.2, 0.25) is 5.02 Å². The van der Waals surface area contributed by atoms with Gasteiger partial charge in [0, 0.05) is 17.3 Å². The Morgan fingerprint density at radius 1 is 1.31 bits per heavy atom. The molecule has 0 aliphatic heterocycles. The Labute approximate surface area is 99.8 Å². The van der Waals surface area contributed by atoms with Gasteiger partial charge in [0.15, 0.2) is 0 Å². The third-order valence-electron chi connectivity index (χ3n) is 2.53. The van der Waals surface area contributed by atoms with E-state index in [1.165, 1.54) is 0 Å². The van der Waals surface area contributed by atoms with Gasteiger partial charge in [0.25, 0.3) is 0 Å². The second kappa shape index (κ2) is 4.28. The zero-order chi connectivity index (χ0) is 11.7. The Bertz CT molecular complexity index is 517. The van der Waals surface area contributed by atoms with E-state index in [1.54, 1.807) is 0 Å². The normalized spacial score (nSPS) is 10.8. The zero-order valence-electron chi connectivity index (χ0n) is 9.37. The van der Waals surface area contributed by atoms with Gasteiger partial charge in [-0.15, -0.1) is 0 Å². The van der Waals surface area contributed by atoms with Gasteiger partial charge in [0.05, 0.1) is 11.4 Å². The molecule has 3 nitrogen and oxygen atoms in total. The van der Waals surface area contributed by atoms with Crippen LogP contribution in [0.4, 0.5) is 0 Å². The number of nitrogens with zero attached hydrogens (tertiary/aromatic N) is 2. The van der Waals surface area contributed by atoms with Crippen molar-refractivity contribution in [3.8, 4) is 5.69 Å². The summed E-state index contributed by atoms with van der Waals surface area (Å²) >= 11 is 5.93. The number of aromatic nitrogens is 2. The van der Waals surface area contributed by atoms with Crippen LogP contribution in [-0.2, 0) is 6.54 Å². The molecule has 0 saturated heterocycles. The highest BCUT2D eigenvalue weighted by Gasteiger charge is 2.07. The van der Waals surface area contributed by atoms with E-state index in [2.05, 4.69) is 5.10 Å². The molecule has 0 spiro atoms. The molecule has 1 aromatic carbocycles. The molecule has 0 unspecified atom stereocenters. The first-order valence-corrected chi connectivity index (χ1v) is 5.51. The summed E-state index contributed by atoms with van der Waals surface area (Å²) in [7, 11) is 0. The summed E-state index contributed by atoms with van der Waals surface area (Å²) in [5, 5.41) is 5.18. The standard InChI is InChI=1S/C12H14ClN3/c1-8-5-10(13)3-4-12(8)16-9(2)6-11(7-14)15-16/h3-6H,7,14H2,1-2H3. The minimum Gasteiger partial charge on any atom is -0.325 e. The Morgan fingerprint density at radius 2 is 2.06 bits per heavy atom. The van der Waals surface area contributed by atoms with Crippen molar-refractivity contribution in [2.75, 3.05) is 0 Å². The van der Waals surface area contributed by atoms with E-state index < -0.39 is 0 Å². The average Bonchev–Trinajstić information content (AvgIpc) is 2.60. The van der Waals surface area contributed by atoms with Crippen molar-refractivity contribution in [2.24, 2.45) is 5.73 Å². The van der Waals surface area contributed by atoms with Crippen molar-refractivity contribution >= 4 is 11.6 Å². The summed E-state index contributed by atoms with van der Waals surface area (Å²) in [5.41, 5.74) is 9.69. The number of rotatable bonds is 2. The fraction of sp³-hybridized carbons (Fsp3) is 0.250. The number of hydrogen-bond acceptors (Lipinski definition) is 2. The Kier molecular flexibility index (Phi) is 2.99. The second-order valence-corrected chi connectivity index (χ2v) is 4.26. The highest BCUT2D eigenvalue weighted by molar-refractivity contribution is 6.30. The van der Waals surface area contributed by atoms with Crippen LogP contribution < -0.4 is 5.73 Å². The van der Waals surface area contributed by atoms with Crippen LogP contribution in [0.15, 0.2) is 24.3 Å². The Balaban J connectivity index is 2.53. The molecule has 0 fully saturated rings. The molecule has 84 valence electrons. The van der Waals surface area contributed by atoms with Crippen molar-refractivity contribution in [1.82, 2.24) is 9.78 Å². The molecule has 2 rings (SSSR count). The van der Waals surface area contributed by atoms with E-state index in [0.717, 1.165) is 27.7 Å². The van der Waals surface area contributed by atoms with Gasteiger partial charge >= 0.3 is 0 Å². The van der Waals surface area contributed by atoms with Crippen LogP contribution in [0.25, 0.3) is 5.69 Å². The van der Waals surface area contributed by atoms with Gasteiger partial charge in [-0.1, -0.05) is 11.6 Å². The molecule has 2 N–H and O–H groups in total. The lowest BCUT2D eigenvalue weighted by Gasteiger charge is -2.08. The first-order chi connectivity index (χ1) is 7.61. The largest absolute Gasteiger partial charge is 0.325 e. The lowest BCUT2D eigenvalue weighted by Crippen LogP contribution is -2.03. The molecule has 0 atom stereocenters. The third-order valence-corrected chi connectivity index (χ3v) is 2.77. The Morgan fingerprint density at radius 3 is 2.62 bits per heavy atom. The van der Waals surface area contributed by atoms with E-state index in [4.69, 9.17) is 17.3 Å². The van der Waals surface area contributed by atoms with Crippen LogP contribution >= 0.6 is 11.6 Å². The molecular weight excluding hydrogens is 222 g/mol. The van der Waals surface area contributed by atoms with Crippen molar-refractivity contribution in [2.45, 2.75) is 20.4 Å². The highest BCUT2D eigenvalue weighted by atomic mass is 35.5. The van der Waals surface area contributed by atoms with Crippen molar-refractivity contribution in [1.29, 1.82) is 0 Å². The van der Waals surface area contributed by atoms with Crippen LogP contribution in [0.1, 0.15) is 17.0 Å².